The number of carbonyl (C=O) groups excluding carboxylic acids is 1. The molecule has 0 aliphatic heterocycles. The van der Waals surface area contributed by atoms with Crippen LogP contribution in [0.15, 0.2) is 37.1 Å². The van der Waals surface area contributed by atoms with Crippen molar-refractivity contribution >= 4 is 23.2 Å². The van der Waals surface area contributed by atoms with Gasteiger partial charge in [0.2, 0.25) is 5.91 Å². The second kappa shape index (κ2) is 6.39. The maximum atomic E-state index is 12.4. The van der Waals surface area contributed by atoms with Crippen molar-refractivity contribution in [3.63, 3.8) is 0 Å². The quantitative estimate of drug-likeness (QED) is 0.735. The first-order chi connectivity index (χ1) is 11.0. The first-order valence-corrected chi connectivity index (χ1v) is 7.51. The van der Waals surface area contributed by atoms with Crippen LogP contribution in [0.2, 0.25) is 5.02 Å². The van der Waals surface area contributed by atoms with Gasteiger partial charge in [0.05, 0.1) is 35.8 Å². The molecule has 3 aromatic rings. The largest absolute Gasteiger partial charge is 0.348 e. The Labute approximate surface area is 138 Å². The van der Waals surface area contributed by atoms with E-state index in [-0.39, 0.29) is 5.91 Å². The third-order valence-electron chi connectivity index (χ3n) is 3.63. The molecular weight excluding hydrogens is 316 g/mol. The van der Waals surface area contributed by atoms with Gasteiger partial charge in [-0.05, 0) is 12.1 Å². The molecule has 8 heteroatoms. The van der Waals surface area contributed by atoms with Crippen molar-refractivity contribution in [1.82, 2.24) is 24.3 Å². The summed E-state index contributed by atoms with van der Waals surface area (Å²) in [6.07, 6.45) is 7.16. The fourth-order valence-electron chi connectivity index (χ4n) is 2.45. The van der Waals surface area contributed by atoms with Crippen LogP contribution in [0, 0.1) is 0 Å². The standard InChI is InChI=1S/C15H17ClN6O/c1-21(15(23)13(17)4-11-5-18-9-20-11)8-12-6-19-14-3-2-10(16)7-22(12)14/h2-3,5-7,9,13H,4,8,17H2,1H3,(H,18,20)/t13-/m0/s1. The maximum absolute atomic E-state index is 12.4. The molecule has 3 rings (SSSR count). The van der Waals surface area contributed by atoms with E-state index in [1.54, 1.807) is 42.9 Å². The van der Waals surface area contributed by atoms with Gasteiger partial charge in [0.1, 0.15) is 5.65 Å². The SMILES string of the molecule is CN(Cc1cnc2ccc(Cl)cn12)C(=O)[C@@H](N)Cc1cnc[nH]1. The molecule has 0 bridgehead atoms. The van der Waals surface area contributed by atoms with Gasteiger partial charge in [0.25, 0.3) is 0 Å². The molecule has 3 heterocycles. The molecule has 0 unspecified atom stereocenters. The molecule has 0 saturated heterocycles. The highest BCUT2D eigenvalue weighted by molar-refractivity contribution is 6.30. The molecule has 0 saturated carbocycles. The normalized spacial score (nSPS) is 12.5. The minimum Gasteiger partial charge on any atom is -0.348 e. The number of nitrogens with two attached hydrogens (primary N) is 1. The van der Waals surface area contributed by atoms with Crippen molar-refractivity contribution in [3.8, 4) is 0 Å². The van der Waals surface area contributed by atoms with Gasteiger partial charge in [-0.1, -0.05) is 11.6 Å². The molecule has 3 aromatic heterocycles. The summed E-state index contributed by atoms with van der Waals surface area (Å²) in [5.41, 5.74) is 8.48. The Hall–Kier alpha value is -2.38. The zero-order valence-corrected chi connectivity index (χ0v) is 13.4. The zero-order chi connectivity index (χ0) is 16.4. The van der Waals surface area contributed by atoms with E-state index in [4.69, 9.17) is 17.3 Å². The van der Waals surface area contributed by atoms with Crippen LogP contribution in [0.1, 0.15) is 11.4 Å². The molecule has 1 atom stereocenters. The molecule has 0 spiro atoms. The molecule has 0 fully saturated rings. The number of hydrogen-bond donors (Lipinski definition) is 2. The van der Waals surface area contributed by atoms with E-state index in [9.17, 15) is 4.79 Å². The molecule has 0 aromatic carbocycles. The average Bonchev–Trinajstić information content (AvgIpc) is 3.16. The van der Waals surface area contributed by atoms with Crippen LogP contribution >= 0.6 is 11.6 Å². The van der Waals surface area contributed by atoms with E-state index in [0.29, 0.717) is 18.0 Å². The highest BCUT2D eigenvalue weighted by Gasteiger charge is 2.20. The van der Waals surface area contributed by atoms with Gasteiger partial charge in [0, 0.05) is 31.6 Å². The number of H-pyrrole nitrogens is 1. The zero-order valence-electron chi connectivity index (χ0n) is 12.6. The monoisotopic (exact) mass is 332 g/mol. The highest BCUT2D eigenvalue weighted by atomic mass is 35.5. The van der Waals surface area contributed by atoms with Crippen LogP contribution in [-0.2, 0) is 17.8 Å². The molecular formula is C15H17ClN6O. The lowest BCUT2D eigenvalue weighted by Crippen LogP contribution is -2.42. The number of halogens is 1. The van der Waals surface area contributed by atoms with Crippen LogP contribution < -0.4 is 5.73 Å². The summed E-state index contributed by atoms with van der Waals surface area (Å²) in [6, 6.07) is 2.99. The summed E-state index contributed by atoms with van der Waals surface area (Å²) in [7, 11) is 1.72. The summed E-state index contributed by atoms with van der Waals surface area (Å²) < 4.78 is 1.87. The van der Waals surface area contributed by atoms with E-state index >= 15 is 0 Å². The predicted molar refractivity (Wildman–Crippen MR) is 86.9 cm³/mol. The number of fused-ring (bicyclic) bond motifs is 1. The molecule has 23 heavy (non-hydrogen) atoms. The Kier molecular flexibility index (Phi) is 4.31. The topological polar surface area (TPSA) is 92.3 Å². The van der Waals surface area contributed by atoms with Crippen molar-refractivity contribution in [2.75, 3.05) is 7.05 Å². The second-order valence-corrected chi connectivity index (χ2v) is 5.84. The predicted octanol–water partition coefficient (Wildman–Crippen LogP) is 1.24. The van der Waals surface area contributed by atoms with Crippen molar-refractivity contribution in [2.24, 2.45) is 5.73 Å². The van der Waals surface area contributed by atoms with Gasteiger partial charge in [0.15, 0.2) is 0 Å². The number of nitrogens with one attached hydrogen (secondary N) is 1. The highest BCUT2D eigenvalue weighted by Crippen LogP contribution is 2.14. The van der Waals surface area contributed by atoms with Crippen LogP contribution in [0.5, 0.6) is 0 Å². The Morgan fingerprint density at radius 2 is 2.30 bits per heavy atom. The Bertz CT molecular complexity index is 813. The van der Waals surface area contributed by atoms with E-state index in [1.807, 2.05) is 10.5 Å². The van der Waals surface area contributed by atoms with E-state index in [0.717, 1.165) is 17.0 Å². The smallest absolute Gasteiger partial charge is 0.239 e. The number of nitrogens with zero attached hydrogens (tertiary/aromatic N) is 4. The van der Waals surface area contributed by atoms with Crippen LogP contribution in [0.3, 0.4) is 0 Å². The number of carbonyl (C=O) groups is 1. The molecule has 7 nitrogen and oxygen atoms in total. The van der Waals surface area contributed by atoms with Crippen molar-refractivity contribution in [3.05, 3.63) is 53.5 Å². The maximum Gasteiger partial charge on any atom is 0.239 e. The van der Waals surface area contributed by atoms with Crippen LogP contribution in [0.4, 0.5) is 0 Å². The molecule has 0 aliphatic rings. The fraction of sp³-hybridized carbons (Fsp3) is 0.267. The number of likely N-dealkylation sites (N-methyl/N-ethyl adjacent to an activating group) is 1. The van der Waals surface area contributed by atoms with Crippen molar-refractivity contribution in [2.45, 2.75) is 19.0 Å². The van der Waals surface area contributed by atoms with Gasteiger partial charge < -0.3 is 20.0 Å². The molecule has 3 N–H and O–H groups in total. The van der Waals surface area contributed by atoms with Gasteiger partial charge in [-0.2, -0.15) is 0 Å². The summed E-state index contributed by atoms with van der Waals surface area (Å²) in [4.78, 5) is 25.2. The third-order valence-corrected chi connectivity index (χ3v) is 3.86. The number of pyridine rings is 1. The lowest BCUT2D eigenvalue weighted by atomic mass is 10.1. The molecule has 1 amide bonds. The van der Waals surface area contributed by atoms with Crippen molar-refractivity contribution in [1.29, 1.82) is 0 Å². The molecule has 0 aliphatic carbocycles. The van der Waals surface area contributed by atoms with E-state index in [2.05, 4.69) is 15.0 Å². The van der Waals surface area contributed by atoms with Crippen LogP contribution in [0.25, 0.3) is 5.65 Å². The summed E-state index contributed by atoms with van der Waals surface area (Å²) >= 11 is 6.02. The van der Waals surface area contributed by atoms with Crippen molar-refractivity contribution < 1.29 is 4.79 Å². The third kappa shape index (κ3) is 3.35. The lowest BCUT2D eigenvalue weighted by molar-refractivity contribution is -0.131. The van der Waals surface area contributed by atoms with Gasteiger partial charge in [-0.25, -0.2) is 9.97 Å². The minimum absolute atomic E-state index is 0.142. The van der Waals surface area contributed by atoms with Gasteiger partial charge in [-0.15, -0.1) is 0 Å². The number of rotatable bonds is 5. The fourth-order valence-corrected chi connectivity index (χ4v) is 2.61. The van der Waals surface area contributed by atoms with Crippen LogP contribution in [-0.4, -0.2) is 43.2 Å². The number of imidazole rings is 2. The number of aromatic nitrogens is 4. The number of hydrogen-bond acceptors (Lipinski definition) is 4. The van der Waals surface area contributed by atoms with E-state index < -0.39 is 6.04 Å². The Morgan fingerprint density at radius 3 is 3.04 bits per heavy atom. The van der Waals surface area contributed by atoms with E-state index in [1.165, 1.54) is 0 Å². The molecule has 120 valence electrons. The Morgan fingerprint density at radius 1 is 1.48 bits per heavy atom. The first kappa shape index (κ1) is 15.5. The van der Waals surface area contributed by atoms with Gasteiger partial charge in [-0.3, -0.25) is 4.79 Å². The Balaban J connectivity index is 1.71. The minimum atomic E-state index is -0.622. The number of aromatic amines is 1. The molecule has 0 radical (unpaired) electrons. The summed E-state index contributed by atoms with van der Waals surface area (Å²) in [6.45, 7) is 0.400. The number of amides is 1. The lowest BCUT2D eigenvalue weighted by Gasteiger charge is -2.20. The average molecular weight is 333 g/mol. The second-order valence-electron chi connectivity index (χ2n) is 5.41. The van der Waals surface area contributed by atoms with Gasteiger partial charge >= 0.3 is 0 Å². The summed E-state index contributed by atoms with van der Waals surface area (Å²) in [5, 5.41) is 0.613. The first-order valence-electron chi connectivity index (χ1n) is 7.14. The summed E-state index contributed by atoms with van der Waals surface area (Å²) in [5.74, 6) is -0.142.